The fraction of sp³-hybridized carbons (Fsp3) is 0.381. The van der Waals surface area contributed by atoms with Gasteiger partial charge in [0, 0.05) is 6.42 Å². The lowest BCUT2D eigenvalue weighted by molar-refractivity contribution is -0.152. The molecule has 0 bridgehead atoms. The minimum atomic E-state index is -1.14. The Balaban J connectivity index is 1.48. The molecule has 144 valence electrons. The van der Waals surface area contributed by atoms with Gasteiger partial charge >= 0.3 is 5.97 Å². The average molecular weight is 371 g/mol. The minimum absolute atomic E-state index is 0.226. The molecule has 0 amide bonds. The molecule has 1 aliphatic rings. The molecule has 1 aliphatic heterocycles. The fourth-order valence-electron chi connectivity index (χ4n) is 3.00. The van der Waals surface area contributed by atoms with Crippen LogP contribution in [-0.2, 0) is 16.0 Å². The Hall–Kier alpha value is -2.73. The number of hydrogen-bond acceptors (Lipinski definition) is 6. The number of ether oxygens (including phenoxy) is 3. The standard InChI is InChI=1S/C21H25NO5/c1-2-25-21(24)19(23)15-16-7-9-17(10-8-16)26-13-11-22-12-14-27-20-6-4-3-5-18(20)22/h3-10,19,23H,2,11-15H2,1H3. The number of anilines is 1. The summed E-state index contributed by atoms with van der Waals surface area (Å²) in [6.45, 7) is 4.81. The van der Waals surface area contributed by atoms with E-state index in [0.29, 0.717) is 13.2 Å². The largest absolute Gasteiger partial charge is 0.492 e. The first-order chi connectivity index (χ1) is 13.2. The highest BCUT2D eigenvalue weighted by molar-refractivity contribution is 5.74. The Bertz CT molecular complexity index is 746. The fourth-order valence-corrected chi connectivity index (χ4v) is 3.00. The molecule has 6 heteroatoms. The van der Waals surface area contributed by atoms with Crippen LogP contribution in [0.3, 0.4) is 0 Å². The molecule has 1 heterocycles. The summed E-state index contributed by atoms with van der Waals surface area (Å²) in [5, 5.41) is 9.82. The molecule has 0 saturated heterocycles. The number of rotatable bonds is 8. The summed E-state index contributed by atoms with van der Waals surface area (Å²) in [6, 6.07) is 15.4. The van der Waals surface area contributed by atoms with Gasteiger partial charge in [0.25, 0.3) is 0 Å². The van der Waals surface area contributed by atoms with Gasteiger partial charge in [0.2, 0.25) is 0 Å². The molecule has 1 atom stereocenters. The van der Waals surface area contributed by atoms with Crippen molar-refractivity contribution in [3.05, 3.63) is 54.1 Å². The van der Waals surface area contributed by atoms with E-state index in [9.17, 15) is 9.90 Å². The lowest BCUT2D eigenvalue weighted by Gasteiger charge is -2.31. The zero-order valence-electron chi connectivity index (χ0n) is 15.5. The van der Waals surface area contributed by atoms with Gasteiger partial charge in [-0.25, -0.2) is 4.79 Å². The molecule has 0 fully saturated rings. The second kappa shape index (κ2) is 9.28. The van der Waals surface area contributed by atoms with Crippen LogP contribution in [0.15, 0.2) is 48.5 Å². The maximum Gasteiger partial charge on any atom is 0.335 e. The van der Waals surface area contributed by atoms with Gasteiger partial charge < -0.3 is 24.2 Å². The Kier molecular flexibility index (Phi) is 6.54. The number of fused-ring (bicyclic) bond motifs is 1. The summed E-state index contributed by atoms with van der Waals surface area (Å²) < 4.78 is 16.3. The van der Waals surface area contributed by atoms with Crippen LogP contribution in [0.1, 0.15) is 12.5 Å². The van der Waals surface area contributed by atoms with Gasteiger partial charge in [-0.05, 0) is 36.8 Å². The van der Waals surface area contributed by atoms with E-state index in [0.717, 1.165) is 35.8 Å². The first kappa shape index (κ1) is 19.0. The van der Waals surface area contributed by atoms with Crippen LogP contribution in [0.4, 0.5) is 5.69 Å². The summed E-state index contributed by atoms with van der Waals surface area (Å²) in [4.78, 5) is 13.7. The van der Waals surface area contributed by atoms with Crippen LogP contribution in [0.25, 0.3) is 0 Å². The minimum Gasteiger partial charge on any atom is -0.492 e. The van der Waals surface area contributed by atoms with Crippen molar-refractivity contribution in [3.63, 3.8) is 0 Å². The topological polar surface area (TPSA) is 68.2 Å². The molecule has 0 spiro atoms. The third-order valence-electron chi connectivity index (χ3n) is 4.37. The summed E-state index contributed by atoms with van der Waals surface area (Å²) in [7, 11) is 0. The molecule has 0 aliphatic carbocycles. The van der Waals surface area contributed by atoms with Gasteiger partial charge in [0.05, 0.1) is 25.4 Å². The Morgan fingerprint density at radius 3 is 2.78 bits per heavy atom. The second-order valence-corrected chi connectivity index (χ2v) is 6.27. The maximum atomic E-state index is 11.5. The quantitative estimate of drug-likeness (QED) is 0.719. The zero-order chi connectivity index (χ0) is 19.1. The van der Waals surface area contributed by atoms with Crippen molar-refractivity contribution in [3.8, 4) is 11.5 Å². The van der Waals surface area contributed by atoms with E-state index in [1.165, 1.54) is 0 Å². The number of nitrogens with zero attached hydrogens (tertiary/aromatic N) is 1. The molecule has 2 aromatic carbocycles. The average Bonchev–Trinajstić information content (AvgIpc) is 2.69. The van der Waals surface area contributed by atoms with Crippen molar-refractivity contribution in [2.75, 3.05) is 37.8 Å². The van der Waals surface area contributed by atoms with Gasteiger partial charge in [-0.2, -0.15) is 0 Å². The predicted octanol–water partition coefficient (Wildman–Crippen LogP) is 2.43. The lowest BCUT2D eigenvalue weighted by Crippen LogP contribution is -2.35. The maximum absolute atomic E-state index is 11.5. The van der Waals surface area contributed by atoms with Crippen molar-refractivity contribution in [1.82, 2.24) is 0 Å². The Labute approximate surface area is 159 Å². The predicted molar refractivity (Wildman–Crippen MR) is 102 cm³/mol. The lowest BCUT2D eigenvalue weighted by atomic mass is 10.1. The molecule has 27 heavy (non-hydrogen) atoms. The summed E-state index contributed by atoms with van der Waals surface area (Å²) in [6.07, 6.45) is -0.915. The summed E-state index contributed by atoms with van der Waals surface area (Å²) in [5.41, 5.74) is 1.95. The molecule has 0 aromatic heterocycles. The molecule has 1 N–H and O–H groups in total. The van der Waals surface area contributed by atoms with Crippen LogP contribution in [0.2, 0.25) is 0 Å². The number of benzene rings is 2. The van der Waals surface area contributed by atoms with Gasteiger partial charge in [-0.1, -0.05) is 24.3 Å². The number of aliphatic hydroxyl groups excluding tert-OH is 1. The van der Waals surface area contributed by atoms with E-state index >= 15 is 0 Å². The Morgan fingerprint density at radius 1 is 1.22 bits per heavy atom. The summed E-state index contributed by atoms with van der Waals surface area (Å²) in [5.74, 6) is 1.07. The van der Waals surface area contributed by atoms with Gasteiger partial charge in [-0.15, -0.1) is 0 Å². The van der Waals surface area contributed by atoms with E-state index in [4.69, 9.17) is 14.2 Å². The van der Waals surface area contributed by atoms with Crippen molar-refractivity contribution < 1.29 is 24.1 Å². The molecule has 6 nitrogen and oxygen atoms in total. The van der Waals surface area contributed by atoms with E-state index in [2.05, 4.69) is 11.0 Å². The van der Waals surface area contributed by atoms with Crippen LogP contribution in [0.5, 0.6) is 11.5 Å². The zero-order valence-corrected chi connectivity index (χ0v) is 15.5. The van der Waals surface area contributed by atoms with Crippen LogP contribution >= 0.6 is 0 Å². The third kappa shape index (κ3) is 5.14. The number of esters is 1. The number of para-hydroxylation sites is 2. The van der Waals surface area contributed by atoms with E-state index in [1.807, 2.05) is 42.5 Å². The molecule has 0 saturated carbocycles. The third-order valence-corrected chi connectivity index (χ3v) is 4.37. The van der Waals surface area contributed by atoms with Crippen LogP contribution in [-0.4, -0.2) is 50.1 Å². The molecule has 2 aromatic rings. The number of hydrogen-bond donors (Lipinski definition) is 1. The normalized spacial score (nSPS) is 14.1. The highest BCUT2D eigenvalue weighted by Crippen LogP contribution is 2.30. The number of carbonyl (C=O) groups is 1. The SMILES string of the molecule is CCOC(=O)C(O)Cc1ccc(OCCN2CCOc3ccccc32)cc1. The smallest absolute Gasteiger partial charge is 0.335 e. The molecular formula is C21H25NO5. The first-order valence-electron chi connectivity index (χ1n) is 9.20. The van der Waals surface area contributed by atoms with Gasteiger partial charge in [-0.3, -0.25) is 0 Å². The van der Waals surface area contributed by atoms with E-state index < -0.39 is 12.1 Å². The number of aliphatic hydroxyl groups is 1. The molecule has 1 unspecified atom stereocenters. The first-order valence-corrected chi connectivity index (χ1v) is 9.20. The van der Waals surface area contributed by atoms with E-state index in [-0.39, 0.29) is 13.0 Å². The van der Waals surface area contributed by atoms with Crippen LogP contribution < -0.4 is 14.4 Å². The second-order valence-electron chi connectivity index (χ2n) is 6.27. The molecule has 3 rings (SSSR count). The van der Waals surface area contributed by atoms with Crippen LogP contribution in [0, 0.1) is 0 Å². The van der Waals surface area contributed by atoms with Crippen molar-refractivity contribution in [1.29, 1.82) is 0 Å². The van der Waals surface area contributed by atoms with Gasteiger partial charge in [0.15, 0.2) is 6.10 Å². The van der Waals surface area contributed by atoms with E-state index in [1.54, 1.807) is 6.92 Å². The Morgan fingerprint density at radius 2 is 2.00 bits per heavy atom. The summed E-state index contributed by atoms with van der Waals surface area (Å²) >= 11 is 0. The van der Waals surface area contributed by atoms with Crippen molar-refractivity contribution >= 4 is 11.7 Å². The monoisotopic (exact) mass is 371 g/mol. The highest BCUT2D eigenvalue weighted by atomic mass is 16.5. The highest BCUT2D eigenvalue weighted by Gasteiger charge is 2.18. The van der Waals surface area contributed by atoms with Crippen molar-refractivity contribution in [2.45, 2.75) is 19.4 Å². The van der Waals surface area contributed by atoms with Crippen molar-refractivity contribution in [2.24, 2.45) is 0 Å². The number of carbonyl (C=O) groups excluding carboxylic acids is 1. The molecular weight excluding hydrogens is 346 g/mol. The van der Waals surface area contributed by atoms with Gasteiger partial charge in [0.1, 0.15) is 24.7 Å². The molecule has 0 radical (unpaired) electrons.